The second kappa shape index (κ2) is 6.01. The Kier molecular flexibility index (Phi) is 3.92. The van der Waals surface area contributed by atoms with E-state index in [0.29, 0.717) is 5.69 Å². The number of hydrogen-bond acceptors (Lipinski definition) is 5. The molecule has 2 heterocycles. The van der Waals surface area contributed by atoms with Crippen LogP contribution in [0.5, 0.6) is 5.75 Å². The molecule has 0 aliphatic carbocycles. The number of hydrogen-bond donors (Lipinski definition) is 2. The van der Waals surface area contributed by atoms with E-state index in [4.69, 9.17) is 5.73 Å². The van der Waals surface area contributed by atoms with E-state index in [1.807, 2.05) is 30.5 Å². The number of aromatic hydroxyl groups is 1. The molecule has 1 fully saturated rings. The van der Waals surface area contributed by atoms with E-state index in [2.05, 4.69) is 20.9 Å². The monoisotopic (exact) mass is 284 g/mol. The Labute approximate surface area is 124 Å². The highest BCUT2D eigenvalue weighted by atomic mass is 16.3. The van der Waals surface area contributed by atoms with E-state index in [0.717, 1.165) is 44.1 Å². The third kappa shape index (κ3) is 3.25. The maximum Gasteiger partial charge on any atom is 0.138 e. The minimum absolute atomic E-state index is 0.152. The lowest BCUT2D eigenvalue weighted by Crippen LogP contribution is -2.46. The van der Waals surface area contributed by atoms with Crippen LogP contribution in [-0.2, 0) is 6.54 Å². The predicted octanol–water partition coefficient (Wildman–Crippen LogP) is 1.69. The Balaban J connectivity index is 1.57. The molecule has 0 radical (unpaired) electrons. The van der Waals surface area contributed by atoms with Crippen LogP contribution in [0.25, 0.3) is 0 Å². The first-order valence-corrected chi connectivity index (χ1v) is 7.18. The van der Waals surface area contributed by atoms with Gasteiger partial charge in [0.2, 0.25) is 0 Å². The van der Waals surface area contributed by atoms with E-state index in [1.54, 1.807) is 6.07 Å². The Hall–Kier alpha value is -2.27. The van der Waals surface area contributed by atoms with Crippen molar-refractivity contribution in [3.05, 3.63) is 48.2 Å². The minimum Gasteiger partial charge on any atom is -0.506 e. The number of phenols is 1. The van der Waals surface area contributed by atoms with Crippen molar-refractivity contribution < 1.29 is 5.11 Å². The zero-order valence-electron chi connectivity index (χ0n) is 11.9. The molecule has 0 amide bonds. The summed E-state index contributed by atoms with van der Waals surface area (Å²) in [6, 6.07) is 11.4. The largest absolute Gasteiger partial charge is 0.506 e. The average Bonchev–Trinajstić information content (AvgIpc) is 2.53. The van der Waals surface area contributed by atoms with Gasteiger partial charge in [0.15, 0.2) is 0 Å². The van der Waals surface area contributed by atoms with Crippen molar-refractivity contribution in [1.82, 2.24) is 9.88 Å². The SMILES string of the molecule is Nc1cc(CN2CCN(c3ccccn3)CC2)ccc1O. The molecule has 21 heavy (non-hydrogen) atoms. The molecule has 1 aromatic carbocycles. The van der Waals surface area contributed by atoms with Crippen LogP contribution >= 0.6 is 0 Å². The third-order valence-corrected chi connectivity index (χ3v) is 3.84. The summed E-state index contributed by atoms with van der Waals surface area (Å²) >= 11 is 0. The molecule has 1 saturated heterocycles. The van der Waals surface area contributed by atoms with Crippen molar-refractivity contribution in [1.29, 1.82) is 0 Å². The number of nitrogens with two attached hydrogens (primary N) is 1. The first-order valence-electron chi connectivity index (χ1n) is 7.18. The van der Waals surface area contributed by atoms with Crippen molar-refractivity contribution in [2.45, 2.75) is 6.54 Å². The van der Waals surface area contributed by atoms with E-state index in [-0.39, 0.29) is 5.75 Å². The van der Waals surface area contributed by atoms with Gasteiger partial charge >= 0.3 is 0 Å². The van der Waals surface area contributed by atoms with Gasteiger partial charge in [-0.15, -0.1) is 0 Å². The highest BCUT2D eigenvalue weighted by Crippen LogP contribution is 2.22. The summed E-state index contributed by atoms with van der Waals surface area (Å²) in [6.45, 7) is 4.81. The standard InChI is InChI=1S/C16H20N4O/c17-14-11-13(4-5-15(14)21)12-19-7-9-20(10-8-19)16-3-1-2-6-18-16/h1-6,11,21H,7-10,12,17H2. The maximum atomic E-state index is 9.46. The second-order valence-corrected chi connectivity index (χ2v) is 5.34. The number of piperazine rings is 1. The molecule has 1 aliphatic rings. The third-order valence-electron chi connectivity index (χ3n) is 3.84. The van der Waals surface area contributed by atoms with Gasteiger partial charge in [-0.1, -0.05) is 12.1 Å². The van der Waals surface area contributed by atoms with Gasteiger partial charge in [-0.05, 0) is 29.8 Å². The Morgan fingerprint density at radius 1 is 1.10 bits per heavy atom. The number of anilines is 2. The summed E-state index contributed by atoms with van der Waals surface area (Å²) in [5.41, 5.74) is 7.32. The highest BCUT2D eigenvalue weighted by molar-refractivity contribution is 5.53. The second-order valence-electron chi connectivity index (χ2n) is 5.34. The quantitative estimate of drug-likeness (QED) is 0.663. The molecular formula is C16H20N4O. The molecule has 0 unspecified atom stereocenters. The Bertz CT molecular complexity index is 594. The van der Waals surface area contributed by atoms with Gasteiger partial charge in [-0.2, -0.15) is 0 Å². The normalized spacial score (nSPS) is 16.1. The van der Waals surface area contributed by atoms with Crippen LogP contribution in [0.3, 0.4) is 0 Å². The van der Waals surface area contributed by atoms with E-state index < -0.39 is 0 Å². The number of nitrogens with zero attached hydrogens (tertiary/aromatic N) is 3. The Morgan fingerprint density at radius 3 is 2.57 bits per heavy atom. The fraction of sp³-hybridized carbons (Fsp3) is 0.312. The molecule has 1 aliphatic heterocycles. The van der Waals surface area contributed by atoms with Gasteiger partial charge in [0.25, 0.3) is 0 Å². The van der Waals surface area contributed by atoms with Gasteiger partial charge in [0.05, 0.1) is 5.69 Å². The molecule has 2 aromatic rings. The van der Waals surface area contributed by atoms with Gasteiger partial charge in [-0.3, -0.25) is 4.90 Å². The highest BCUT2D eigenvalue weighted by Gasteiger charge is 2.18. The van der Waals surface area contributed by atoms with Gasteiger partial charge in [-0.25, -0.2) is 4.98 Å². The number of aromatic nitrogens is 1. The molecule has 5 nitrogen and oxygen atoms in total. The lowest BCUT2D eigenvalue weighted by molar-refractivity contribution is 0.249. The zero-order valence-corrected chi connectivity index (χ0v) is 11.9. The van der Waals surface area contributed by atoms with Crippen molar-refractivity contribution in [3.8, 4) is 5.75 Å². The van der Waals surface area contributed by atoms with E-state index >= 15 is 0 Å². The smallest absolute Gasteiger partial charge is 0.138 e. The molecule has 110 valence electrons. The number of benzene rings is 1. The molecule has 1 aromatic heterocycles. The van der Waals surface area contributed by atoms with Crippen molar-refractivity contribution in [2.75, 3.05) is 36.8 Å². The van der Waals surface area contributed by atoms with Crippen molar-refractivity contribution in [2.24, 2.45) is 0 Å². The summed E-state index contributed by atoms with van der Waals surface area (Å²) in [5, 5.41) is 9.46. The summed E-state index contributed by atoms with van der Waals surface area (Å²) in [5.74, 6) is 1.20. The topological polar surface area (TPSA) is 65.6 Å². The summed E-state index contributed by atoms with van der Waals surface area (Å²) < 4.78 is 0. The van der Waals surface area contributed by atoms with Crippen LogP contribution < -0.4 is 10.6 Å². The van der Waals surface area contributed by atoms with Crippen LogP contribution in [-0.4, -0.2) is 41.2 Å². The summed E-state index contributed by atoms with van der Waals surface area (Å²) in [7, 11) is 0. The zero-order chi connectivity index (χ0) is 14.7. The molecule has 0 atom stereocenters. The van der Waals surface area contributed by atoms with Gasteiger partial charge < -0.3 is 15.7 Å². The van der Waals surface area contributed by atoms with Crippen LogP contribution in [0, 0.1) is 0 Å². The van der Waals surface area contributed by atoms with Gasteiger partial charge in [0.1, 0.15) is 11.6 Å². The molecule has 3 rings (SSSR count). The fourth-order valence-corrected chi connectivity index (χ4v) is 2.64. The van der Waals surface area contributed by atoms with Crippen LogP contribution in [0.1, 0.15) is 5.56 Å². The van der Waals surface area contributed by atoms with Crippen LogP contribution in [0.15, 0.2) is 42.6 Å². The predicted molar refractivity (Wildman–Crippen MR) is 84.2 cm³/mol. The number of pyridine rings is 1. The molecule has 5 heteroatoms. The van der Waals surface area contributed by atoms with Crippen molar-refractivity contribution >= 4 is 11.5 Å². The van der Waals surface area contributed by atoms with Crippen LogP contribution in [0.4, 0.5) is 11.5 Å². The van der Waals surface area contributed by atoms with E-state index in [1.165, 1.54) is 0 Å². The molecule has 0 spiro atoms. The molecule has 0 saturated carbocycles. The maximum absolute atomic E-state index is 9.46. The number of nitrogen functional groups attached to an aromatic ring is 1. The number of rotatable bonds is 3. The molecular weight excluding hydrogens is 264 g/mol. The summed E-state index contributed by atoms with van der Waals surface area (Å²) in [6.07, 6.45) is 1.83. The lowest BCUT2D eigenvalue weighted by Gasteiger charge is -2.35. The lowest BCUT2D eigenvalue weighted by atomic mass is 10.1. The number of phenolic OH excluding ortho intramolecular Hbond substituents is 1. The van der Waals surface area contributed by atoms with Gasteiger partial charge in [0, 0.05) is 38.9 Å². The first-order chi connectivity index (χ1) is 10.2. The average molecular weight is 284 g/mol. The molecule has 3 N–H and O–H groups in total. The first kappa shape index (κ1) is 13.7. The van der Waals surface area contributed by atoms with Crippen LogP contribution in [0.2, 0.25) is 0 Å². The van der Waals surface area contributed by atoms with Crippen molar-refractivity contribution in [3.63, 3.8) is 0 Å². The molecule has 0 bridgehead atoms. The Morgan fingerprint density at radius 2 is 1.90 bits per heavy atom. The van der Waals surface area contributed by atoms with E-state index in [9.17, 15) is 5.11 Å². The minimum atomic E-state index is 0.152. The summed E-state index contributed by atoms with van der Waals surface area (Å²) in [4.78, 5) is 9.10. The fourth-order valence-electron chi connectivity index (χ4n) is 2.64.